The van der Waals surface area contributed by atoms with Crippen LogP contribution >= 0.6 is 0 Å². The van der Waals surface area contributed by atoms with E-state index in [0.717, 1.165) is 16.3 Å². The van der Waals surface area contributed by atoms with Gasteiger partial charge in [0.1, 0.15) is 6.10 Å². The number of fused-ring (bicyclic) bond motifs is 1. The van der Waals surface area contributed by atoms with Gasteiger partial charge in [0.05, 0.1) is 5.56 Å². The molecule has 0 bridgehead atoms. The lowest BCUT2D eigenvalue weighted by Gasteiger charge is -2.25. The predicted octanol–water partition coefficient (Wildman–Crippen LogP) is 3.98. The van der Waals surface area contributed by atoms with E-state index in [2.05, 4.69) is 6.58 Å². The maximum absolute atomic E-state index is 12.8. The summed E-state index contributed by atoms with van der Waals surface area (Å²) in [6, 6.07) is 11.1. The summed E-state index contributed by atoms with van der Waals surface area (Å²) in [5, 5.41) is 1.69. The van der Waals surface area contributed by atoms with E-state index < -0.39 is 17.5 Å². The number of hydrogen-bond donors (Lipinski definition) is 0. The maximum Gasteiger partial charge on any atom is 0.351 e. The van der Waals surface area contributed by atoms with Crippen LogP contribution < -0.4 is 0 Å². The van der Waals surface area contributed by atoms with Gasteiger partial charge in [-0.3, -0.25) is 0 Å². The predicted molar refractivity (Wildman–Crippen MR) is 92.6 cm³/mol. The Bertz CT molecular complexity index is 839. The lowest BCUT2D eigenvalue weighted by Crippen LogP contribution is -2.42. The van der Waals surface area contributed by atoms with Crippen molar-refractivity contribution < 1.29 is 19.1 Å². The van der Waals surface area contributed by atoms with E-state index in [9.17, 15) is 9.59 Å². The van der Waals surface area contributed by atoms with E-state index in [4.69, 9.17) is 9.47 Å². The summed E-state index contributed by atoms with van der Waals surface area (Å²) in [5.74, 6) is -1.24. The second-order valence-electron chi connectivity index (χ2n) is 6.35. The molecule has 4 nitrogen and oxygen atoms in total. The molecule has 2 aromatic carbocycles. The molecule has 0 spiro atoms. The molecule has 1 fully saturated rings. The Labute approximate surface area is 141 Å². The molecule has 3 rings (SSSR count). The number of carbonyl (C=O) groups excluding carboxylic acids is 2. The minimum absolute atomic E-state index is 0.215. The number of ether oxygens (including phenoxy) is 2. The number of hydrogen-bond acceptors (Lipinski definition) is 4. The number of benzene rings is 2. The zero-order chi connectivity index (χ0) is 17.5. The van der Waals surface area contributed by atoms with Gasteiger partial charge in [0.15, 0.2) is 0 Å². The molecule has 4 heteroatoms. The van der Waals surface area contributed by atoms with Crippen LogP contribution in [0.2, 0.25) is 0 Å². The van der Waals surface area contributed by atoms with E-state index in [1.54, 1.807) is 32.1 Å². The first-order valence-electron chi connectivity index (χ1n) is 7.97. The Morgan fingerprint density at radius 3 is 2.50 bits per heavy atom. The fourth-order valence-electron chi connectivity index (χ4n) is 3.09. The highest BCUT2D eigenvalue weighted by atomic mass is 16.6. The van der Waals surface area contributed by atoms with Crippen molar-refractivity contribution in [3.8, 4) is 0 Å². The molecule has 24 heavy (non-hydrogen) atoms. The number of carbonyl (C=O) groups is 2. The SMILES string of the molecule is C=Cc1cccc2c(C(=O)OC3(C)C(=O)OC(C)C3C)cccc12. The maximum atomic E-state index is 12.8. The second-order valence-corrected chi connectivity index (χ2v) is 6.35. The molecular formula is C20H20O4. The molecule has 3 unspecified atom stereocenters. The van der Waals surface area contributed by atoms with Gasteiger partial charge in [-0.25, -0.2) is 9.59 Å². The summed E-state index contributed by atoms with van der Waals surface area (Å²) in [4.78, 5) is 24.9. The zero-order valence-corrected chi connectivity index (χ0v) is 14.0. The summed E-state index contributed by atoms with van der Waals surface area (Å²) in [6.07, 6.45) is 1.46. The van der Waals surface area contributed by atoms with Crippen LogP contribution in [0.15, 0.2) is 43.0 Å². The van der Waals surface area contributed by atoms with Gasteiger partial charge in [-0.1, -0.05) is 49.9 Å². The quantitative estimate of drug-likeness (QED) is 0.801. The highest BCUT2D eigenvalue weighted by molar-refractivity contribution is 6.07. The molecule has 1 aliphatic heterocycles. The highest BCUT2D eigenvalue weighted by Gasteiger charge is 2.53. The molecule has 2 aromatic rings. The van der Waals surface area contributed by atoms with Crippen molar-refractivity contribution in [2.45, 2.75) is 32.5 Å². The van der Waals surface area contributed by atoms with Crippen molar-refractivity contribution in [3.05, 3.63) is 54.1 Å². The Morgan fingerprint density at radius 1 is 1.21 bits per heavy atom. The summed E-state index contributed by atoms with van der Waals surface area (Å²) >= 11 is 0. The minimum atomic E-state index is -1.27. The molecule has 0 radical (unpaired) electrons. The van der Waals surface area contributed by atoms with Crippen molar-refractivity contribution in [1.82, 2.24) is 0 Å². The number of rotatable bonds is 3. The molecule has 0 amide bonds. The fraction of sp³-hybridized carbons (Fsp3) is 0.300. The summed E-state index contributed by atoms with van der Waals surface area (Å²) in [7, 11) is 0. The monoisotopic (exact) mass is 324 g/mol. The topological polar surface area (TPSA) is 52.6 Å². The van der Waals surface area contributed by atoms with E-state index >= 15 is 0 Å². The number of cyclic esters (lactones) is 1. The van der Waals surface area contributed by atoms with Crippen LogP contribution in [0, 0.1) is 5.92 Å². The number of esters is 2. The third-order valence-electron chi connectivity index (χ3n) is 4.97. The first-order valence-corrected chi connectivity index (χ1v) is 7.97. The fourth-order valence-corrected chi connectivity index (χ4v) is 3.09. The lowest BCUT2D eigenvalue weighted by molar-refractivity contribution is -0.154. The van der Waals surface area contributed by atoms with Crippen molar-refractivity contribution in [3.63, 3.8) is 0 Å². The first kappa shape index (κ1) is 16.2. The Hall–Kier alpha value is -2.62. The molecule has 0 aliphatic carbocycles. The molecule has 0 aromatic heterocycles. The smallest absolute Gasteiger partial charge is 0.351 e. The summed E-state index contributed by atoms with van der Waals surface area (Å²) in [6.45, 7) is 9.06. The van der Waals surface area contributed by atoms with Gasteiger partial charge < -0.3 is 9.47 Å². The Kier molecular flexibility index (Phi) is 3.91. The lowest BCUT2D eigenvalue weighted by atomic mass is 9.89. The molecular weight excluding hydrogens is 304 g/mol. The molecule has 124 valence electrons. The molecule has 1 heterocycles. The Balaban J connectivity index is 2.01. The molecule has 0 N–H and O–H groups in total. The summed E-state index contributed by atoms with van der Waals surface area (Å²) in [5.41, 5.74) is 0.0990. The van der Waals surface area contributed by atoms with Crippen molar-refractivity contribution in [2.75, 3.05) is 0 Å². The van der Waals surface area contributed by atoms with Gasteiger partial charge in [0.2, 0.25) is 5.60 Å². The van der Waals surface area contributed by atoms with Crippen LogP contribution in [0.5, 0.6) is 0 Å². The second kappa shape index (κ2) is 5.78. The van der Waals surface area contributed by atoms with Gasteiger partial charge in [0.25, 0.3) is 0 Å². The van der Waals surface area contributed by atoms with Crippen LogP contribution in [-0.4, -0.2) is 23.6 Å². The van der Waals surface area contributed by atoms with Gasteiger partial charge in [-0.05, 0) is 36.2 Å². The van der Waals surface area contributed by atoms with Crippen LogP contribution in [0.4, 0.5) is 0 Å². The average molecular weight is 324 g/mol. The molecule has 0 saturated carbocycles. The molecule has 1 aliphatic rings. The normalized spacial score (nSPS) is 26.2. The van der Waals surface area contributed by atoms with E-state index in [0.29, 0.717) is 5.56 Å². The van der Waals surface area contributed by atoms with E-state index in [-0.39, 0.29) is 12.0 Å². The van der Waals surface area contributed by atoms with Crippen LogP contribution in [-0.2, 0) is 14.3 Å². The van der Waals surface area contributed by atoms with Crippen molar-refractivity contribution in [1.29, 1.82) is 0 Å². The van der Waals surface area contributed by atoms with E-state index in [1.165, 1.54) is 0 Å². The van der Waals surface area contributed by atoms with Crippen LogP contribution in [0.3, 0.4) is 0 Å². The van der Waals surface area contributed by atoms with Gasteiger partial charge >= 0.3 is 11.9 Å². The van der Waals surface area contributed by atoms with E-state index in [1.807, 2.05) is 31.2 Å². The molecule has 1 saturated heterocycles. The van der Waals surface area contributed by atoms with Gasteiger partial charge in [-0.15, -0.1) is 0 Å². The van der Waals surface area contributed by atoms with Crippen molar-refractivity contribution >= 4 is 28.8 Å². The molecule has 3 atom stereocenters. The van der Waals surface area contributed by atoms with Gasteiger partial charge in [-0.2, -0.15) is 0 Å². The zero-order valence-electron chi connectivity index (χ0n) is 14.0. The largest absolute Gasteiger partial charge is 0.459 e. The minimum Gasteiger partial charge on any atom is -0.459 e. The Morgan fingerprint density at radius 2 is 1.88 bits per heavy atom. The summed E-state index contributed by atoms with van der Waals surface area (Å²) < 4.78 is 10.8. The van der Waals surface area contributed by atoms with Crippen molar-refractivity contribution in [2.24, 2.45) is 5.92 Å². The highest BCUT2D eigenvalue weighted by Crippen LogP contribution is 2.36. The third kappa shape index (κ3) is 2.39. The van der Waals surface area contributed by atoms with Gasteiger partial charge in [0, 0.05) is 5.92 Å². The first-order chi connectivity index (χ1) is 11.4. The van der Waals surface area contributed by atoms with Crippen LogP contribution in [0.25, 0.3) is 16.8 Å². The van der Waals surface area contributed by atoms with Crippen LogP contribution in [0.1, 0.15) is 36.7 Å². The third-order valence-corrected chi connectivity index (χ3v) is 4.97. The average Bonchev–Trinajstić information content (AvgIpc) is 2.76. The standard InChI is InChI=1S/C20H20O4/c1-5-14-8-6-10-16-15(14)9-7-11-17(16)18(21)24-20(4)12(2)13(3)23-19(20)22/h5-13H,1H2,2-4H3.